The predicted octanol–water partition coefficient (Wildman–Crippen LogP) is 2.28. The van der Waals surface area contributed by atoms with Gasteiger partial charge in [-0.1, -0.05) is 11.3 Å². The van der Waals surface area contributed by atoms with E-state index in [0.29, 0.717) is 30.8 Å². The number of hydrogen-bond acceptors (Lipinski definition) is 6. The Balaban J connectivity index is 1.51. The van der Waals surface area contributed by atoms with Crippen LogP contribution in [0.25, 0.3) is 5.57 Å². The van der Waals surface area contributed by atoms with Crippen LogP contribution in [-0.2, 0) is 21.0 Å². The van der Waals surface area contributed by atoms with Gasteiger partial charge in [-0.05, 0) is 30.2 Å². The molecular weight excluding hydrogens is 373 g/mol. The van der Waals surface area contributed by atoms with Crippen molar-refractivity contribution >= 4 is 27.1 Å². The van der Waals surface area contributed by atoms with E-state index in [1.807, 2.05) is 0 Å². The van der Waals surface area contributed by atoms with Gasteiger partial charge in [0.15, 0.2) is 0 Å². The lowest BCUT2D eigenvalue weighted by molar-refractivity contribution is 0.129. The number of carbonyl (C=O) groups is 1. The maximum atomic E-state index is 14.6. The topological polar surface area (TPSA) is 101 Å². The molecule has 0 saturated carbocycles. The second kappa shape index (κ2) is 6.76. The van der Waals surface area contributed by atoms with Crippen molar-refractivity contribution in [3.63, 3.8) is 0 Å². The third-order valence-electron chi connectivity index (χ3n) is 4.65. The van der Waals surface area contributed by atoms with Gasteiger partial charge in [0, 0.05) is 27.2 Å². The molecule has 1 saturated heterocycles. The lowest BCUT2D eigenvalue weighted by Crippen LogP contribution is -2.26. The fourth-order valence-corrected chi connectivity index (χ4v) is 4.43. The molecule has 2 aliphatic heterocycles. The lowest BCUT2D eigenvalue weighted by atomic mass is 10.0. The van der Waals surface area contributed by atoms with Crippen molar-refractivity contribution in [1.29, 1.82) is 4.78 Å². The number of benzene rings is 1. The van der Waals surface area contributed by atoms with Crippen LogP contribution >= 0.6 is 0 Å². The summed E-state index contributed by atoms with van der Waals surface area (Å²) in [7, 11) is -2.57. The SMILES string of the molecule is N=S1(=O)CC=C(c2ccc(N3C[C@H](Cn4ccnn4)OC3=O)cc2F)CC1. The minimum absolute atomic E-state index is 0.145. The second-order valence-corrected chi connectivity index (χ2v) is 8.93. The molecule has 1 amide bonds. The molecule has 1 aromatic heterocycles. The molecule has 1 fully saturated rings. The van der Waals surface area contributed by atoms with E-state index < -0.39 is 27.7 Å². The van der Waals surface area contributed by atoms with E-state index in [4.69, 9.17) is 9.52 Å². The van der Waals surface area contributed by atoms with Gasteiger partial charge >= 0.3 is 6.09 Å². The van der Waals surface area contributed by atoms with Gasteiger partial charge in [0.05, 0.1) is 30.7 Å². The summed E-state index contributed by atoms with van der Waals surface area (Å²) in [5.41, 5.74) is 1.58. The predicted molar refractivity (Wildman–Crippen MR) is 97.2 cm³/mol. The van der Waals surface area contributed by atoms with Crippen LogP contribution in [0.2, 0.25) is 0 Å². The van der Waals surface area contributed by atoms with Crippen molar-refractivity contribution < 1.29 is 18.1 Å². The molecule has 0 bridgehead atoms. The quantitative estimate of drug-likeness (QED) is 0.862. The number of ether oxygens (including phenoxy) is 1. The Morgan fingerprint density at radius 2 is 2.26 bits per heavy atom. The molecule has 1 N–H and O–H groups in total. The highest BCUT2D eigenvalue weighted by Gasteiger charge is 2.33. The first kappa shape index (κ1) is 17.7. The van der Waals surface area contributed by atoms with Gasteiger partial charge in [-0.15, -0.1) is 5.10 Å². The minimum Gasteiger partial charge on any atom is -0.442 e. The summed E-state index contributed by atoms with van der Waals surface area (Å²) in [5, 5.41) is 7.56. The van der Waals surface area contributed by atoms with Crippen molar-refractivity contribution in [3.05, 3.63) is 48.0 Å². The monoisotopic (exact) mass is 391 g/mol. The standard InChI is InChI=1S/C17H18FN5O3S/c18-16-9-13(1-2-15(16)12-3-7-27(19,25)8-4-12)23-11-14(26-17(23)24)10-22-6-5-20-21-22/h1-3,5-6,9,14,19H,4,7-8,10-11H2/t14-,27?/m0/s1. The highest BCUT2D eigenvalue weighted by Crippen LogP contribution is 2.30. The Morgan fingerprint density at radius 3 is 2.93 bits per heavy atom. The Morgan fingerprint density at radius 1 is 1.41 bits per heavy atom. The third-order valence-corrected chi connectivity index (χ3v) is 6.22. The highest BCUT2D eigenvalue weighted by atomic mass is 32.2. The molecule has 2 aliphatic rings. The molecule has 0 radical (unpaired) electrons. The van der Waals surface area contributed by atoms with Gasteiger partial charge in [0.2, 0.25) is 0 Å². The van der Waals surface area contributed by atoms with Gasteiger partial charge in [0.1, 0.15) is 11.9 Å². The summed E-state index contributed by atoms with van der Waals surface area (Å²) in [5.74, 6) is -0.0707. The Bertz CT molecular complexity index is 1000. The molecule has 2 atom stereocenters. The Kier molecular flexibility index (Phi) is 4.42. The number of cyclic esters (lactones) is 1. The third kappa shape index (κ3) is 3.70. The van der Waals surface area contributed by atoms with Crippen LogP contribution in [0.5, 0.6) is 0 Å². The molecule has 4 rings (SSSR count). The van der Waals surface area contributed by atoms with E-state index in [0.717, 1.165) is 5.57 Å². The van der Waals surface area contributed by atoms with E-state index in [-0.39, 0.29) is 11.5 Å². The molecule has 0 aliphatic carbocycles. The first-order valence-corrected chi connectivity index (χ1v) is 10.4. The molecule has 8 nitrogen and oxygen atoms in total. The highest BCUT2D eigenvalue weighted by molar-refractivity contribution is 7.92. The molecule has 0 spiro atoms. The molecule has 142 valence electrons. The Hall–Kier alpha value is -2.75. The Labute approximate surface area is 155 Å². The zero-order valence-corrected chi connectivity index (χ0v) is 15.2. The van der Waals surface area contributed by atoms with Crippen LogP contribution < -0.4 is 4.90 Å². The number of anilines is 1. The maximum absolute atomic E-state index is 14.6. The smallest absolute Gasteiger partial charge is 0.414 e. The van der Waals surface area contributed by atoms with Gasteiger partial charge in [-0.25, -0.2) is 18.1 Å². The van der Waals surface area contributed by atoms with E-state index in [1.165, 1.54) is 11.0 Å². The van der Waals surface area contributed by atoms with E-state index >= 15 is 0 Å². The molecule has 27 heavy (non-hydrogen) atoms. The number of hydrogen-bond donors (Lipinski definition) is 1. The fraction of sp³-hybridized carbons (Fsp3) is 0.353. The number of carbonyl (C=O) groups excluding carboxylic acids is 1. The second-order valence-electron chi connectivity index (χ2n) is 6.57. The zero-order valence-electron chi connectivity index (χ0n) is 14.4. The average molecular weight is 391 g/mol. The molecular formula is C17H18FN5O3S. The summed E-state index contributed by atoms with van der Waals surface area (Å²) in [6.45, 7) is 0.670. The number of aromatic nitrogens is 3. The number of nitrogens with one attached hydrogen (secondary N) is 1. The van der Waals surface area contributed by atoms with Crippen molar-refractivity contribution in [3.8, 4) is 0 Å². The van der Waals surface area contributed by atoms with Crippen LogP contribution in [0.3, 0.4) is 0 Å². The van der Waals surface area contributed by atoms with Crippen LogP contribution in [0.15, 0.2) is 36.7 Å². The van der Waals surface area contributed by atoms with Crippen LogP contribution in [0.1, 0.15) is 12.0 Å². The normalized spacial score (nSPS) is 25.4. The number of halogens is 1. The van der Waals surface area contributed by atoms with Crippen LogP contribution in [0, 0.1) is 10.6 Å². The number of allylic oxidation sites excluding steroid dienone is 1. The first-order chi connectivity index (χ1) is 12.9. The summed E-state index contributed by atoms with van der Waals surface area (Å²) in [6.07, 6.45) is 4.38. The zero-order chi connectivity index (χ0) is 19.0. The van der Waals surface area contributed by atoms with Crippen molar-refractivity contribution in [1.82, 2.24) is 15.0 Å². The molecule has 2 aromatic rings. The van der Waals surface area contributed by atoms with E-state index in [1.54, 1.807) is 35.3 Å². The van der Waals surface area contributed by atoms with E-state index in [9.17, 15) is 13.4 Å². The largest absolute Gasteiger partial charge is 0.442 e. The van der Waals surface area contributed by atoms with Crippen molar-refractivity contribution in [2.24, 2.45) is 0 Å². The maximum Gasteiger partial charge on any atom is 0.414 e. The van der Waals surface area contributed by atoms with Crippen LogP contribution in [-0.4, -0.2) is 49.5 Å². The van der Waals surface area contributed by atoms with Gasteiger partial charge in [-0.2, -0.15) is 0 Å². The summed E-state index contributed by atoms with van der Waals surface area (Å²) < 4.78 is 40.9. The molecule has 1 unspecified atom stereocenters. The lowest BCUT2D eigenvalue weighted by Gasteiger charge is -2.18. The minimum atomic E-state index is -2.57. The van der Waals surface area contributed by atoms with Gasteiger partial charge in [0.25, 0.3) is 0 Å². The first-order valence-electron chi connectivity index (χ1n) is 8.47. The molecule has 10 heteroatoms. The fourth-order valence-electron chi connectivity index (χ4n) is 3.24. The number of amides is 1. The van der Waals surface area contributed by atoms with Crippen molar-refractivity contribution in [2.75, 3.05) is 23.0 Å². The number of rotatable bonds is 4. The van der Waals surface area contributed by atoms with Crippen molar-refractivity contribution in [2.45, 2.75) is 19.1 Å². The summed E-state index contributed by atoms with van der Waals surface area (Å²) in [4.78, 5) is 13.5. The summed E-state index contributed by atoms with van der Waals surface area (Å²) in [6, 6.07) is 4.60. The van der Waals surface area contributed by atoms with Gasteiger partial charge in [-0.3, -0.25) is 9.68 Å². The summed E-state index contributed by atoms with van der Waals surface area (Å²) >= 11 is 0. The van der Waals surface area contributed by atoms with Crippen LogP contribution in [0.4, 0.5) is 14.9 Å². The molecule has 1 aromatic carbocycles. The van der Waals surface area contributed by atoms with Gasteiger partial charge < -0.3 is 4.74 Å². The van der Waals surface area contributed by atoms with E-state index in [2.05, 4.69) is 10.3 Å². The molecule has 3 heterocycles. The average Bonchev–Trinajstić information content (AvgIpc) is 3.25. The number of nitrogens with zero attached hydrogens (tertiary/aromatic N) is 4.